The van der Waals surface area contributed by atoms with Crippen molar-refractivity contribution in [1.82, 2.24) is 4.90 Å². The molecule has 0 saturated heterocycles. The molecule has 1 aromatic rings. The fourth-order valence-electron chi connectivity index (χ4n) is 1.92. The van der Waals surface area contributed by atoms with E-state index >= 15 is 0 Å². The smallest absolute Gasteiger partial charge is 0.139 e. The van der Waals surface area contributed by atoms with Gasteiger partial charge in [0.2, 0.25) is 0 Å². The Bertz CT molecular complexity index is 246. The van der Waals surface area contributed by atoms with Gasteiger partial charge in [0.05, 0.1) is 0 Å². The van der Waals surface area contributed by atoms with Crippen LogP contribution in [0.25, 0.3) is 0 Å². The van der Waals surface area contributed by atoms with Crippen molar-refractivity contribution >= 4 is 13.3 Å². The molecule has 0 saturated carbocycles. The van der Waals surface area contributed by atoms with Gasteiger partial charge in [0.1, 0.15) is 7.85 Å². The first-order chi connectivity index (χ1) is 8.63. The average molecular weight is 247 g/mol. The van der Waals surface area contributed by atoms with Gasteiger partial charge in [-0.2, -0.15) is 0 Å². The molecule has 0 amide bonds. The van der Waals surface area contributed by atoms with Gasteiger partial charge >= 0.3 is 0 Å². The minimum Gasteiger partial charge on any atom is -0.303 e. The Hall–Kier alpha value is -0.755. The molecule has 0 unspecified atom stereocenters. The first-order valence-corrected chi connectivity index (χ1v) is 7.39. The normalized spacial score (nSPS) is 10.1. The van der Waals surface area contributed by atoms with E-state index in [0.717, 1.165) is 0 Å². The van der Waals surface area contributed by atoms with Crippen molar-refractivity contribution in [3.63, 3.8) is 0 Å². The first kappa shape index (κ1) is 17.2. The fraction of sp³-hybridized carbons (Fsp3) is 0.625. The number of nitrogens with zero attached hydrogens (tertiary/aromatic N) is 1. The van der Waals surface area contributed by atoms with Gasteiger partial charge in [0.15, 0.2) is 0 Å². The molecule has 0 aliphatic rings. The highest BCUT2D eigenvalue weighted by Crippen LogP contribution is 1.94. The highest BCUT2D eigenvalue weighted by atomic mass is 15.1. The van der Waals surface area contributed by atoms with E-state index in [1.807, 2.05) is 0 Å². The van der Waals surface area contributed by atoms with E-state index in [-0.39, 0.29) is 0 Å². The maximum absolute atomic E-state index is 2.54. The number of rotatable bonds is 6. The van der Waals surface area contributed by atoms with Crippen LogP contribution in [0.3, 0.4) is 0 Å². The summed E-state index contributed by atoms with van der Waals surface area (Å²) < 4.78 is 0. The van der Waals surface area contributed by atoms with Crippen LogP contribution < -0.4 is 5.46 Å². The molecule has 1 aromatic carbocycles. The van der Waals surface area contributed by atoms with E-state index < -0.39 is 0 Å². The van der Waals surface area contributed by atoms with Crippen LogP contribution in [-0.2, 0) is 0 Å². The summed E-state index contributed by atoms with van der Waals surface area (Å²) in [5, 5.41) is 0. The molecular formula is C16H30BN. The van der Waals surface area contributed by atoms with Gasteiger partial charge in [-0.15, -0.1) is 0 Å². The third kappa shape index (κ3) is 9.29. The molecule has 0 aliphatic heterocycles. The lowest BCUT2D eigenvalue weighted by molar-refractivity contribution is 0.275. The van der Waals surface area contributed by atoms with Crippen LogP contribution in [0.2, 0.25) is 0 Å². The van der Waals surface area contributed by atoms with Crippen molar-refractivity contribution in [1.29, 1.82) is 0 Å². The van der Waals surface area contributed by atoms with E-state index in [2.05, 4.69) is 64.7 Å². The number of aryl methyl sites for hydroxylation is 1. The lowest BCUT2D eigenvalue weighted by Gasteiger charge is -2.19. The Morgan fingerprint density at radius 2 is 1.22 bits per heavy atom. The summed E-state index contributed by atoms with van der Waals surface area (Å²) in [7, 11) is 2.10. The van der Waals surface area contributed by atoms with E-state index in [1.165, 1.54) is 49.9 Å². The minimum absolute atomic E-state index is 1.28. The molecule has 0 atom stereocenters. The second-order valence-electron chi connectivity index (χ2n) is 5.00. The number of hydrogen-bond donors (Lipinski definition) is 0. The lowest BCUT2D eigenvalue weighted by atomic mass is 9.96. The van der Waals surface area contributed by atoms with E-state index in [0.29, 0.717) is 0 Å². The third-order valence-electron chi connectivity index (χ3n) is 2.84. The zero-order valence-corrected chi connectivity index (χ0v) is 13.0. The number of hydrogen-bond acceptors (Lipinski definition) is 1. The molecule has 0 aromatic heterocycles. The molecule has 0 spiro atoms. The molecule has 1 rings (SSSR count). The van der Waals surface area contributed by atoms with Crippen molar-refractivity contribution in [2.24, 2.45) is 0 Å². The van der Waals surface area contributed by atoms with Gasteiger partial charge in [0.25, 0.3) is 0 Å². The Balaban J connectivity index is 0.000000327. The summed E-state index contributed by atoms with van der Waals surface area (Å²) in [6, 6.07) is 8.48. The minimum atomic E-state index is 1.28. The summed E-state index contributed by atoms with van der Waals surface area (Å²) >= 11 is 0. The maximum Gasteiger partial charge on any atom is 0.139 e. The summed E-state index contributed by atoms with van der Waals surface area (Å²) in [5.41, 5.74) is 2.66. The van der Waals surface area contributed by atoms with Crippen molar-refractivity contribution in [3.8, 4) is 0 Å². The lowest BCUT2D eigenvalue weighted by Crippen LogP contribution is -2.25. The summed E-state index contributed by atoms with van der Waals surface area (Å²) in [4.78, 5) is 2.54. The Labute approximate surface area is 115 Å². The SMILES string of the molecule is Bc1ccc(C)cc1.CCCN(CCC)CCC. The van der Waals surface area contributed by atoms with Crippen LogP contribution in [0.15, 0.2) is 24.3 Å². The predicted octanol–water partition coefficient (Wildman–Crippen LogP) is 2.77. The zero-order valence-electron chi connectivity index (χ0n) is 13.0. The zero-order chi connectivity index (χ0) is 13.8. The van der Waals surface area contributed by atoms with Crippen molar-refractivity contribution in [2.45, 2.75) is 47.0 Å². The van der Waals surface area contributed by atoms with Gasteiger partial charge in [-0.3, -0.25) is 0 Å². The molecule has 102 valence electrons. The summed E-state index contributed by atoms with van der Waals surface area (Å²) in [6.45, 7) is 12.7. The molecule has 0 fully saturated rings. The van der Waals surface area contributed by atoms with Crippen LogP contribution in [0.5, 0.6) is 0 Å². The highest BCUT2D eigenvalue weighted by molar-refractivity contribution is 6.32. The second kappa shape index (κ2) is 11.3. The highest BCUT2D eigenvalue weighted by Gasteiger charge is 1.98. The summed E-state index contributed by atoms with van der Waals surface area (Å²) in [5.74, 6) is 0. The first-order valence-electron chi connectivity index (χ1n) is 7.39. The van der Waals surface area contributed by atoms with Crippen molar-refractivity contribution < 1.29 is 0 Å². The number of benzene rings is 1. The van der Waals surface area contributed by atoms with E-state index in [1.54, 1.807) is 0 Å². The molecule has 2 heteroatoms. The largest absolute Gasteiger partial charge is 0.303 e. The van der Waals surface area contributed by atoms with Crippen molar-refractivity contribution in [3.05, 3.63) is 29.8 Å². The van der Waals surface area contributed by atoms with Gasteiger partial charge < -0.3 is 4.90 Å². The molecule has 0 radical (unpaired) electrons. The summed E-state index contributed by atoms with van der Waals surface area (Å²) in [6.07, 6.45) is 3.88. The second-order valence-corrected chi connectivity index (χ2v) is 5.00. The third-order valence-corrected chi connectivity index (χ3v) is 2.84. The molecule has 0 aliphatic carbocycles. The van der Waals surface area contributed by atoms with Crippen LogP contribution in [0, 0.1) is 6.92 Å². The molecule has 18 heavy (non-hydrogen) atoms. The Morgan fingerprint density at radius 3 is 1.50 bits per heavy atom. The van der Waals surface area contributed by atoms with E-state index in [9.17, 15) is 0 Å². The monoisotopic (exact) mass is 247 g/mol. The van der Waals surface area contributed by atoms with Crippen molar-refractivity contribution in [2.75, 3.05) is 19.6 Å². The molecule has 1 nitrogen and oxygen atoms in total. The average Bonchev–Trinajstić information content (AvgIpc) is 2.35. The van der Waals surface area contributed by atoms with Crippen LogP contribution in [0.1, 0.15) is 45.6 Å². The Kier molecular flexibility index (Phi) is 10.9. The topological polar surface area (TPSA) is 3.24 Å². The molecular weight excluding hydrogens is 217 g/mol. The molecule has 0 bridgehead atoms. The Morgan fingerprint density at radius 1 is 0.833 bits per heavy atom. The quantitative estimate of drug-likeness (QED) is 0.699. The van der Waals surface area contributed by atoms with Gasteiger partial charge in [-0.05, 0) is 45.8 Å². The van der Waals surface area contributed by atoms with E-state index in [4.69, 9.17) is 0 Å². The van der Waals surface area contributed by atoms with Crippen LogP contribution in [0.4, 0.5) is 0 Å². The van der Waals surface area contributed by atoms with Gasteiger partial charge in [-0.1, -0.05) is 56.1 Å². The maximum atomic E-state index is 2.54. The molecule has 0 heterocycles. The van der Waals surface area contributed by atoms with Gasteiger partial charge in [-0.25, -0.2) is 0 Å². The van der Waals surface area contributed by atoms with Crippen LogP contribution in [-0.4, -0.2) is 32.4 Å². The molecule has 0 N–H and O–H groups in total. The van der Waals surface area contributed by atoms with Gasteiger partial charge in [0, 0.05) is 0 Å². The van der Waals surface area contributed by atoms with Crippen LogP contribution >= 0.6 is 0 Å². The predicted molar refractivity (Wildman–Crippen MR) is 86.7 cm³/mol. The standard InChI is InChI=1S/C9H21N.C7H9B/c1-4-7-10(8-5-2)9-6-3;1-6-2-4-7(8)5-3-6/h4-9H2,1-3H3;2-5H,8H2,1H3. The fourth-order valence-corrected chi connectivity index (χ4v) is 1.92.